The van der Waals surface area contributed by atoms with Gasteiger partial charge in [-0.25, -0.2) is 8.42 Å². The van der Waals surface area contributed by atoms with Crippen molar-refractivity contribution in [2.75, 3.05) is 25.0 Å². The number of rotatable bonds is 5. The van der Waals surface area contributed by atoms with E-state index in [1.807, 2.05) is 13.8 Å². The SMILES string of the molecule is CC(C)[C@H](NS(=O)(=O)c1ccc2c(c1)CC(=O)N2C)C(=O)N1CCCC1. The lowest BCUT2D eigenvalue weighted by atomic mass is 10.0. The maximum atomic E-state index is 12.8. The number of nitrogens with zero attached hydrogens (tertiary/aromatic N) is 2. The molecule has 0 aromatic heterocycles. The molecule has 0 spiro atoms. The average molecular weight is 379 g/mol. The summed E-state index contributed by atoms with van der Waals surface area (Å²) in [6.45, 7) is 5.02. The minimum Gasteiger partial charge on any atom is -0.341 e. The van der Waals surface area contributed by atoms with Crippen molar-refractivity contribution in [1.82, 2.24) is 9.62 Å². The molecule has 1 fully saturated rings. The number of hydrogen-bond donors (Lipinski definition) is 1. The molecule has 0 bridgehead atoms. The first-order valence-corrected chi connectivity index (χ1v) is 10.4. The minimum atomic E-state index is -3.86. The number of fused-ring (bicyclic) bond motifs is 1. The van der Waals surface area contributed by atoms with Gasteiger partial charge in [0.1, 0.15) is 6.04 Å². The molecular formula is C18H25N3O4S. The Morgan fingerprint density at radius 3 is 2.46 bits per heavy atom. The normalized spacial score (nSPS) is 18.5. The Hall–Kier alpha value is -1.93. The van der Waals surface area contributed by atoms with E-state index in [1.54, 1.807) is 18.0 Å². The number of likely N-dealkylation sites (N-methyl/N-ethyl adjacent to an activating group) is 1. The van der Waals surface area contributed by atoms with E-state index in [4.69, 9.17) is 0 Å². The van der Waals surface area contributed by atoms with Gasteiger partial charge in [0, 0.05) is 25.8 Å². The Morgan fingerprint density at radius 2 is 1.85 bits per heavy atom. The number of carbonyl (C=O) groups excluding carboxylic acids is 2. The van der Waals surface area contributed by atoms with Gasteiger partial charge < -0.3 is 9.80 Å². The van der Waals surface area contributed by atoms with Gasteiger partial charge in [0.25, 0.3) is 0 Å². The van der Waals surface area contributed by atoms with Crippen LogP contribution in [0.25, 0.3) is 0 Å². The third kappa shape index (κ3) is 3.48. The molecule has 8 heteroatoms. The Labute approximate surface area is 154 Å². The summed E-state index contributed by atoms with van der Waals surface area (Å²) >= 11 is 0. The molecule has 1 saturated heterocycles. The second kappa shape index (κ2) is 7.00. The van der Waals surface area contributed by atoms with Crippen LogP contribution >= 0.6 is 0 Å². The molecule has 7 nitrogen and oxygen atoms in total. The first-order chi connectivity index (χ1) is 12.2. The van der Waals surface area contributed by atoms with E-state index >= 15 is 0 Å². The van der Waals surface area contributed by atoms with Crippen LogP contribution in [-0.2, 0) is 26.0 Å². The molecule has 2 aliphatic heterocycles. The zero-order valence-electron chi connectivity index (χ0n) is 15.4. The maximum Gasteiger partial charge on any atom is 0.241 e. The molecule has 0 unspecified atom stereocenters. The molecule has 0 saturated carbocycles. The fourth-order valence-electron chi connectivity index (χ4n) is 3.45. The van der Waals surface area contributed by atoms with Crippen LogP contribution in [0.1, 0.15) is 32.3 Å². The minimum absolute atomic E-state index is 0.0632. The lowest BCUT2D eigenvalue weighted by molar-refractivity contribution is -0.132. The molecule has 1 atom stereocenters. The van der Waals surface area contributed by atoms with Crippen LogP contribution in [0.3, 0.4) is 0 Å². The smallest absolute Gasteiger partial charge is 0.241 e. The molecule has 0 aliphatic carbocycles. The second-order valence-electron chi connectivity index (χ2n) is 7.30. The van der Waals surface area contributed by atoms with Gasteiger partial charge in [-0.3, -0.25) is 9.59 Å². The van der Waals surface area contributed by atoms with Crippen molar-refractivity contribution in [2.45, 2.75) is 44.0 Å². The molecule has 1 aromatic rings. The van der Waals surface area contributed by atoms with Gasteiger partial charge in [-0.1, -0.05) is 13.8 Å². The molecule has 0 radical (unpaired) electrons. The molecule has 2 aliphatic rings. The van der Waals surface area contributed by atoms with E-state index in [-0.39, 0.29) is 29.0 Å². The van der Waals surface area contributed by atoms with E-state index < -0.39 is 16.1 Å². The zero-order chi connectivity index (χ0) is 19.1. The molecule has 26 heavy (non-hydrogen) atoms. The first-order valence-electron chi connectivity index (χ1n) is 8.91. The molecule has 1 aromatic carbocycles. The van der Waals surface area contributed by atoms with Gasteiger partial charge >= 0.3 is 0 Å². The van der Waals surface area contributed by atoms with Crippen LogP contribution < -0.4 is 9.62 Å². The average Bonchev–Trinajstić information content (AvgIpc) is 3.21. The number of amides is 2. The third-order valence-corrected chi connectivity index (χ3v) is 6.51. The fraction of sp³-hybridized carbons (Fsp3) is 0.556. The number of carbonyl (C=O) groups is 2. The van der Waals surface area contributed by atoms with Gasteiger partial charge in [-0.05, 0) is 42.5 Å². The number of anilines is 1. The summed E-state index contributed by atoms with van der Waals surface area (Å²) in [5.41, 5.74) is 1.41. The largest absolute Gasteiger partial charge is 0.341 e. The van der Waals surface area contributed by atoms with Crippen molar-refractivity contribution in [3.8, 4) is 0 Å². The molecule has 1 N–H and O–H groups in total. The highest BCUT2D eigenvalue weighted by Gasteiger charge is 2.33. The molecular weight excluding hydrogens is 354 g/mol. The number of nitrogens with one attached hydrogen (secondary N) is 1. The predicted octanol–water partition coefficient (Wildman–Crippen LogP) is 1.13. The van der Waals surface area contributed by atoms with E-state index in [0.717, 1.165) is 18.5 Å². The lowest BCUT2D eigenvalue weighted by Crippen LogP contribution is -2.50. The Bertz CT molecular complexity index is 829. The highest BCUT2D eigenvalue weighted by molar-refractivity contribution is 7.89. The van der Waals surface area contributed by atoms with Crippen molar-refractivity contribution < 1.29 is 18.0 Å². The molecule has 2 amide bonds. The molecule has 142 valence electrons. The quantitative estimate of drug-likeness (QED) is 0.831. The van der Waals surface area contributed by atoms with E-state index in [0.29, 0.717) is 18.7 Å². The summed E-state index contributed by atoms with van der Waals surface area (Å²) in [6.07, 6.45) is 2.10. The summed E-state index contributed by atoms with van der Waals surface area (Å²) in [5.74, 6) is -0.399. The monoisotopic (exact) mass is 379 g/mol. The topological polar surface area (TPSA) is 86.8 Å². The summed E-state index contributed by atoms with van der Waals surface area (Å²) < 4.78 is 28.3. The summed E-state index contributed by atoms with van der Waals surface area (Å²) in [6, 6.07) is 3.85. The highest BCUT2D eigenvalue weighted by atomic mass is 32.2. The van der Waals surface area contributed by atoms with Crippen LogP contribution in [0.15, 0.2) is 23.1 Å². The summed E-state index contributed by atoms with van der Waals surface area (Å²) in [5, 5.41) is 0. The highest BCUT2D eigenvalue weighted by Crippen LogP contribution is 2.30. The number of sulfonamides is 1. The third-order valence-electron chi connectivity index (χ3n) is 5.07. The van der Waals surface area contributed by atoms with Crippen molar-refractivity contribution in [3.05, 3.63) is 23.8 Å². The van der Waals surface area contributed by atoms with Crippen LogP contribution in [-0.4, -0.2) is 51.3 Å². The van der Waals surface area contributed by atoms with Gasteiger partial charge in [0.2, 0.25) is 21.8 Å². The lowest BCUT2D eigenvalue weighted by Gasteiger charge is -2.26. The first kappa shape index (κ1) is 18.8. The molecule has 2 heterocycles. The summed E-state index contributed by atoms with van der Waals surface area (Å²) in [7, 11) is -2.19. The van der Waals surface area contributed by atoms with Crippen molar-refractivity contribution in [1.29, 1.82) is 0 Å². The second-order valence-corrected chi connectivity index (χ2v) is 9.01. The predicted molar refractivity (Wildman–Crippen MR) is 98.3 cm³/mol. The standard InChI is InChI=1S/C18H25N3O4S/c1-12(2)17(18(23)21-8-4-5-9-21)19-26(24,25)14-6-7-15-13(10-14)11-16(22)20(15)3/h6-7,10,12,17,19H,4-5,8-9,11H2,1-3H3/t17-/m0/s1. The van der Waals surface area contributed by atoms with Crippen LogP contribution in [0.5, 0.6) is 0 Å². The van der Waals surface area contributed by atoms with Crippen molar-refractivity contribution in [3.63, 3.8) is 0 Å². The molecule has 3 rings (SSSR count). The Morgan fingerprint density at radius 1 is 1.19 bits per heavy atom. The van der Waals surface area contributed by atoms with Crippen LogP contribution in [0, 0.1) is 5.92 Å². The number of hydrogen-bond acceptors (Lipinski definition) is 4. The Balaban J connectivity index is 1.84. The Kier molecular flexibility index (Phi) is 5.07. The van der Waals surface area contributed by atoms with Crippen LogP contribution in [0.2, 0.25) is 0 Å². The van der Waals surface area contributed by atoms with E-state index in [9.17, 15) is 18.0 Å². The van der Waals surface area contributed by atoms with Gasteiger partial charge in [-0.15, -0.1) is 0 Å². The maximum absolute atomic E-state index is 12.8. The van der Waals surface area contributed by atoms with Gasteiger partial charge in [0.05, 0.1) is 11.3 Å². The van der Waals surface area contributed by atoms with Gasteiger partial charge in [0.15, 0.2) is 0 Å². The zero-order valence-corrected chi connectivity index (χ0v) is 16.2. The fourth-order valence-corrected chi connectivity index (χ4v) is 4.84. The summed E-state index contributed by atoms with van der Waals surface area (Å²) in [4.78, 5) is 27.9. The van der Waals surface area contributed by atoms with Crippen molar-refractivity contribution >= 4 is 27.5 Å². The van der Waals surface area contributed by atoms with Crippen molar-refractivity contribution in [2.24, 2.45) is 5.92 Å². The van der Waals surface area contributed by atoms with E-state index in [1.165, 1.54) is 17.0 Å². The van der Waals surface area contributed by atoms with E-state index in [2.05, 4.69) is 4.72 Å². The number of benzene rings is 1. The van der Waals surface area contributed by atoms with Gasteiger partial charge in [-0.2, -0.15) is 4.72 Å². The number of likely N-dealkylation sites (tertiary alicyclic amines) is 1. The van der Waals surface area contributed by atoms with Crippen LogP contribution in [0.4, 0.5) is 5.69 Å².